The number of carbonyl (C=O) groups excluding carboxylic acids is 1. The highest BCUT2D eigenvalue weighted by atomic mass is 32.1. The van der Waals surface area contributed by atoms with Crippen LogP contribution in [0.3, 0.4) is 0 Å². The van der Waals surface area contributed by atoms with Gasteiger partial charge in [-0.05, 0) is 12.0 Å². The Morgan fingerprint density at radius 3 is 2.87 bits per heavy atom. The molecular weight excluding hydrogens is 410 g/mol. The maximum atomic E-state index is 12.7. The van der Waals surface area contributed by atoms with E-state index in [1.54, 1.807) is 16.4 Å². The van der Waals surface area contributed by atoms with Gasteiger partial charge in [0, 0.05) is 36.9 Å². The first kappa shape index (κ1) is 21.2. The summed E-state index contributed by atoms with van der Waals surface area (Å²) in [5.74, 6) is -0.0831. The monoisotopic (exact) mass is 431 g/mol. The molecule has 1 unspecified atom stereocenters. The number of rotatable bonds is 10. The van der Waals surface area contributed by atoms with Crippen LogP contribution in [0, 0.1) is 16.0 Å². The number of ether oxygens (including phenoxy) is 2. The summed E-state index contributed by atoms with van der Waals surface area (Å²) in [6.45, 7) is 3.03. The molecule has 11 heteroatoms. The number of hydrogen-bond acceptors (Lipinski definition) is 8. The van der Waals surface area contributed by atoms with Crippen LogP contribution in [0.4, 0.5) is 5.69 Å². The summed E-state index contributed by atoms with van der Waals surface area (Å²) in [6, 6.07) is 4.34. The molecule has 2 aromatic heterocycles. The van der Waals surface area contributed by atoms with E-state index in [1.165, 1.54) is 30.6 Å². The molecule has 158 valence electrons. The zero-order chi connectivity index (χ0) is 21.5. The van der Waals surface area contributed by atoms with Crippen LogP contribution < -0.4 is 14.8 Å². The fourth-order valence-electron chi connectivity index (χ4n) is 2.77. The number of nitro benzene ring substituents is 1. The van der Waals surface area contributed by atoms with Gasteiger partial charge in [0.05, 0.1) is 29.3 Å². The van der Waals surface area contributed by atoms with E-state index in [9.17, 15) is 14.9 Å². The van der Waals surface area contributed by atoms with Crippen LogP contribution in [-0.4, -0.2) is 39.2 Å². The number of amides is 1. The molecule has 0 saturated heterocycles. The van der Waals surface area contributed by atoms with Crippen molar-refractivity contribution in [3.8, 4) is 11.5 Å². The minimum absolute atomic E-state index is 0.0792. The molecule has 0 spiro atoms. The molecule has 1 aromatic carbocycles. The van der Waals surface area contributed by atoms with Gasteiger partial charge in [0.1, 0.15) is 12.2 Å². The van der Waals surface area contributed by atoms with Crippen LogP contribution >= 0.6 is 11.3 Å². The Labute approximate surface area is 176 Å². The second-order valence-electron chi connectivity index (χ2n) is 6.59. The summed E-state index contributed by atoms with van der Waals surface area (Å²) in [6.07, 6.45) is 3.51. The van der Waals surface area contributed by atoms with E-state index < -0.39 is 10.8 Å². The molecule has 1 amide bonds. The van der Waals surface area contributed by atoms with Gasteiger partial charge in [0.2, 0.25) is 0 Å². The molecule has 2 heterocycles. The van der Waals surface area contributed by atoms with Crippen molar-refractivity contribution in [1.29, 1.82) is 0 Å². The van der Waals surface area contributed by atoms with Crippen LogP contribution in [0.5, 0.6) is 11.5 Å². The molecule has 0 radical (unpaired) electrons. The van der Waals surface area contributed by atoms with E-state index in [2.05, 4.69) is 15.4 Å². The second kappa shape index (κ2) is 9.83. The van der Waals surface area contributed by atoms with Gasteiger partial charge in [-0.2, -0.15) is 5.10 Å². The number of nitrogens with one attached hydrogen (secondary N) is 1. The standard InChI is InChI=1S/C19H21N5O5S/c1-13(9-23-5-3-4-22-23)8-20-19(25)15-6-17(28-2)18(7-16(15)24(26)27)29-10-14-11-30-12-21-14/h3-7,11-13H,8-10H2,1-2H3,(H,20,25). The zero-order valence-corrected chi connectivity index (χ0v) is 17.3. The third kappa shape index (κ3) is 5.32. The number of hydrogen-bond donors (Lipinski definition) is 1. The molecule has 1 atom stereocenters. The molecular formula is C19H21N5O5S. The molecule has 0 aliphatic rings. The van der Waals surface area contributed by atoms with Crippen LogP contribution in [0.1, 0.15) is 23.0 Å². The number of nitro groups is 1. The van der Waals surface area contributed by atoms with Crippen LogP contribution in [0.15, 0.2) is 41.5 Å². The van der Waals surface area contributed by atoms with Crippen LogP contribution in [0.2, 0.25) is 0 Å². The van der Waals surface area contributed by atoms with E-state index in [4.69, 9.17) is 9.47 Å². The lowest BCUT2D eigenvalue weighted by Gasteiger charge is -2.14. The quantitative estimate of drug-likeness (QED) is 0.387. The van der Waals surface area contributed by atoms with Crippen molar-refractivity contribution in [2.45, 2.75) is 20.1 Å². The van der Waals surface area contributed by atoms with Gasteiger partial charge >= 0.3 is 0 Å². The molecule has 3 aromatic rings. The fourth-order valence-corrected chi connectivity index (χ4v) is 3.31. The summed E-state index contributed by atoms with van der Waals surface area (Å²) in [7, 11) is 1.41. The average Bonchev–Trinajstić information content (AvgIpc) is 3.43. The molecule has 0 bridgehead atoms. The Hall–Kier alpha value is -3.47. The average molecular weight is 431 g/mol. The van der Waals surface area contributed by atoms with E-state index in [0.717, 1.165) is 0 Å². The number of benzene rings is 1. The summed E-state index contributed by atoms with van der Waals surface area (Å²) in [5, 5.41) is 20.2. The minimum Gasteiger partial charge on any atom is -0.493 e. The highest BCUT2D eigenvalue weighted by molar-refractivity contribution is 7.07. The number of methoxy groups -OCH3 is 1. The highest BCUT2D eigenvalue weighted by Crippen LogP contribution is 2.35. The van der Waals surface area contributed by atoms with Gasteiger partial charge in [-0.3, -0.25) is 19.6 Å². The number of carbonyl (C=O) groups is 1. The van der Waals surface area contributed by atoms with Gasteiger partial charge in [-0.1, -0.05) is 6.92 Å². The first-order chi connectivity index (χ1) is 14.5. The molecule has 30 heavy (non-hydrogen) atoms. The van der Waals surface area contributed by atoms with Crippen molar-refractivity contribution in [2.75, 3.05) is 13.7 Å². The van der Waals surface area contributed by atoms with Gasteiger partial charge in [-0.15, -0.1) is 11.3 Å². The van der Waals surface area contributed by atoms with Crippen molar-refractivity contribution in [3.05, 3.63) is 62.9 Å². The van der Waals surface area contributed by atoms with Gasteiger partial charge < -0.3 is 14.8 Å². The molecule has 0 saturated carbocycles. The van der Waals surface area contributed by atoms with Crippen LogP contribution in [-0.2, 0) is 13.2 Å². The Kier molecular flexibility index (Phi) is 6.96. The van der Waals surface area contributed by atoms with E-state index in [-0.39, 0.29) is 35.3 Å². The van der Waals surface area contributed by atoms with Gasteiger partial charge in [0.25, 0.3) is 11.6 Å². The normalized spacial score (nSPS) is 11.7. The lowest BCUT2D eigenvalue weighted by Crippen LogP contribution is -2.30. The lowest BCUT2D eigenvalue weighted by atomic mass is 10.1. The van der Waals surface area contributed by atoms with Crippen LogP contribution in [0.25, 0.3) is 0 Å². The number of aromatic nitrogens is 3. The summed E-state index contributed by atoms with van der Waals surface area (Å²) in [5.41, 5.74) is 1.90. The molecule has 0 aliphatic carbocycles. The van der Waals surface area contributed by atoms with Gasteiger partial charge in [-0.25, -0.2) is 4.98 Å². The lowest BCUT2D eigenvalue weighted by molar-refractivity contribution is -0.385. The third-order valence-corrected chi connectivity index (χ3v) is 4.89. The van der Waals surface area contributed by atoms with Crippen molar-refractivity contribution < 1.29 is 19.2 Å². The summed E-state index contributed by atoms with van der Waals surface area (Å²) in [4.78, 5) is 27.7. The van der Waals surface area contributed by atoms with E-state index in [0.29, 0.717) is 18.8 Å². The molecule has 10 nitrogen and oxygen atoms in total. The van der Waals surface area contributed by atoms with Crippen molar-refractivity contribution in [2.24, 2.45) is 5.92 Å². The Bertz CT molecular complexity index is 991. The molecule has 1 N–H and O–H groups in total. The number of thiazole rings is 1. The summed E-state index contributed by atoms with van der Waals surface area (Å²) >= 11 is 1.42. The summed E-state index contributed by atoms with van der Waals surface area (Å²) < 4.78 is 12.7. The molecule has 0 fully saturated rings. The Morgan fingerprint density at radius 2 is 2.23 bits per heavy atom. The maximum absolute atomic E-state index is 12.7. The smallest absolute Gasteiger partial charge is 0.286 e. The minimum atomic E-state index is -0.614. The van der Waals surface area contributed by atoms with E-state index >= 15 is 0 Å². The predicted molar refractivity (Wildman–Crippen MR) is 110 cm³/mol. The Morgan fingerprint density at radius 1 is 1.40 bits per heavy atom. The maximum Gasteiger partial charge on any atom is 0.286 e. The third-order valence-electron chi connectivity index (χ3n) is 4.25. The van der Waals surface area contributed by atoms with Crippen molar-refractivity contribution >= 4 is 22.9 Å². The Balaban J connectivity index is 1.73. The number of nitrogens with zero attached hydrogens (tertiary/aromatic N) is 4. The SMILES string of the molecule is COc1cc(C(=O)NCC(C)Cn2cccn2)c([N+](=O)[O-])cc1OCc1cscn1. The van der Waals surface area contributed by atoms with Crippen molar-refractivity contribution in [1.82, 2.24) is 20.1 Å². The van der Waals surface area contributed by atoms with E-state index in [1.807, 2.05) is 24.6 Å². The van der Waals surface area contributed by atoms with Crippen molar-refractivity contribution in [3.63, 3.8) is 0 Å². The largest absolute Gasteiger partial charge is 0.493 e. The topological polar surface area (TPSA) is 121 Å². The first-order valence-electron chi connectivity index (χ1n) is 9.09. The fraction of sp³-hybridized carbons (Fsp3) is 0.316. The predicted octanol–water partition coefficient (Wildman–Crippen LogP) is 2.90. The zero-order valence-electron chi connectivity index (χ0n) is 16.5. The highest BCUT2D eigenvalue weighted by Gasteiger charge is 2.25. The first-order valence-corrected chi connectivity index (χ1v) is 10.0. The van der Waals surface area contributed by atoms with Gasteiger partial charge in [0.15, 0.2) is 11.5 Å². The second-order valence-corrected chi connectivity index (χ2v) is 7.31. The molecule has 0 aliphatic heterocycles. The molecule has 3 rings (SSSR count).